The number of aliphatic hydroxyl groups is 1. The molecule has 224 valence electrons. The summed E-state index contributed by atoms with van der Waals surface area (Å²) >= 11 is 0. The number of fused-ring (bicyclic) bond motifs is 1. The van der Waals surface area contributed by atoms with Crippen LogP contribution in [0.3, 0.4) is 0 Å². The van der Waals surface area contributed by atoms with Crippen molar-refractivity contribution in [1.29, 1.82) is 0 Å². The Bertz CT molecular complexity index is 1440. The molecule has 2 N–H and O–H groups in total. The van der Waals surface area contributed by atoms with Crippen LogP contribution in [0.2, 0.25) is 0 Å². The number of nitrogens with one attached hydrogen (secondary N) is 1. The Kier molecular flexibility index (Phi) is 9.51. The predicted octanol–water partition coefficient (Wildman–Crippen LogP) is 4.81. The Morgan fingerprint density at radius 3 is 2.43 bits per heavy atom. The molecule has 1 heterocycles. The van der Waals surface area contributed by atoms with Crippen LogP contribution in [0.5, 0.6) is 17.2 Å². The zero-order valence-corrected chi connectivity index (χ0v) is 24.3. The molecule has 0 bridgehead atoms. The number of nitrogens with zero attached hydrogens (tertiary/aromatic N) is 1. The van der Waals surface area contributed by atoms with E-state index in [9.17, 15) is 18.3 Å². The zero-order chi connectivity index (χ0) is 29.5. The number of ether oxygens (including phenoxy) is 3. The quantitative estimate of drug-likeness (QED) is 0.286. The van der Waals surface area contributed by atoms with Crippen molar-refractivity contribution in [1.82, 2.24) is 9.79 Å². The lowest BCUT2D eigenvalue weighted by atomic mass is 10.0. The molecule has 1 aliphatic carbocycles. The third kappa shape index (κ3) is 7.53. The first kappa shape index (κ1) is 29.7. The van der Waals surface area contributed by atoms with Crippen molar-refractivity contribution in [2.45, 2.75) is 62.7 Å². The highest BCUT2D eigenvalue weighted by Gasteiger charge is 2.34. The van der Waals surface area contributed by atoms with Crippen LogP contribution in [-0.4, -0.2) is 49.6 Å². The summed E-state index contributed by atoms with van der Waals surface area (Å²) in [6, 6.07) is 20.8. The summed E-state index contributed by atoms with van der Waals surface area (Å²) in [6.45, 7) is 2.04. The number of rotatable bonds is 12. The topological polar surface area (TPSA) is 124 Å². The highest BCUT2D eigenvalue weighted by atomic mass is 32.2. The number of sulfonamides is 1. The number of hydroxylamine groups is 1. The summed E-state index contributed by atoms with van der Waals surface area (Å²) < 4.78 is 44.4. The number of benzene rings is 3. The van der Waals surface area contributed by atoms with Gasteiger partial charge < -0.3 is 29.5 Å². The SMILES string of the molecule is CC(O)C(Cc1ccc(OCc2ccccc2)cc1)NC(=O)ON(CC1CCCC1)S(=O)(=O)c1ccc2c(c1)OCO2. The predicted molar refractivity (Wildman–Crippen MR) is 154 cm³/mol. The van der Waals surface area contributed by atoms with Crippen molar-refractivity contribution >= 4 is 16.1 Å². The second-order valence-corrected chi connectivity index (χ2v) is 12.5. The molecule has 0 spiro atoms. The fourth-order valence-corrected chi connectivity index (χ4v) is 6.38. The lowest BCUT2D eigenvalue weighted by Gasteiger charge is -2.26. The van der Waals surface area contributed by atoms with Crippen LogP contribution >= 0.6 is 0 Å². The van der Waals surface area contributed by atoms with Crippen LogP contribution in [-0.2, 0) is 27.9 Å². The highest BCUT2D eigenvalue weighted by Crippen LogP contribution is 2.35. The molecule has 42 heavy (non-hydrogen) atoms. The second kappa shape index (κ2) is 13.5. The van der Waals surface area contributed by atoms with Crippen molar-refractivity contribution in [2.24, 2.45) is 5.92 Å². The van der Waals surface area contributed by atoms with E-state index < -0.39 is 28.3 Å². The van der Waals surface area contributed by atoms with Gasteiger partial charge in [-0.1, -0.05) is 55.3 Å². The van der Waals surface area contributed by atoms with E-state index in [0.29, 0.717) is 30.3 Å². The monoisotopic (exact) mass is 596 g/mol. The normalized spacial score (nSPS) is 16.3. The first-order chi connectivity index (χ1) is 20.3. The van der Waals surface area contributed by atoms with E-state index in [-0.39, 0.29) is 24.2 Å². The molecular formula is C31H36N2O8S. The second-order valence-electron chi connectivity index (χ2n) is 10.6. The lowest BCUT2D eigenvalue weighted by Crippen LogP contribution is -2.47. The van der Waals surface area contributed by atoms with Crippen molar-refractivity contribution in [3.05, 3.63) is 83.9 Å². The Balaban J connectivity index is 1.23. The smallest absolute Gasteiger partial charge is 0.427 e. The molecule has 1 aliphatic heterocycles. The van der Waals surface area contributed by atoms with Crippen molar-refractivity contribution < 1.29 is 37.4 Å². The van der Waals surface area contributed by atoms with Crippen LogP contribution in [0.15, 0.2) is 77.7 Å². The maximum Gasteiger partial charge on any atom is 0.427 e. The van der Waals surface area contributed by atoms with Crippen molar-refractivity contribution in [3.63, 3.8) is 0 Å². The molecule has 2 atom stereocenters. The summed E-state index contributed by atoms with van der Waals surface area (Å²) in [7, 11) is -4.21. The van der Waals surface area contributed by atoms with Gasteiger partial charge in [0.15, 0.2) is 11.5 Å². The minimum Gasteiger partial charge on any atom is -0.489 e. The number of hydrogen-bond donors (Lipinski definition) is 2. The van der Waals surface area contributed by atoms with Crippen LogP contribution in [0.1, 0.15) is 43.7 Å². The van der Waals surface area contributed by atoms with Crippen molar-refractivity contribution in [3.8, 4) is 17.2 Å². The van der Waals surface area contributed by atoms with E-state index in [1.807, 2.05) is 54.6 Å². The van der Waals surface area contributed by atoms with Crippen LogP contribution in [0.4, 0.5) is 4.79 Å². The highest BCUT2D eigenvalue weighted by molar-refractivity contribution is 7.89. The van der Waals surface area contributed by atoms with Gasteiger partial charge in [-0.2, -0.15) is 0 Å². The third-order valence-electron chi connectivity index (χ3n) is 7.49. The average Bonchev–Trinajstić information content (AvgIpc) is 3.68. The minimum atomic E-state index is -4.21. The summed E-state index contributed by atoms with van der Waals surface area (Å²) in [5.41, 5.74) is 1.91. The largest absolute Gasteiger partial charge is 0.489 e. The third-order valence-corrected chi connectivity index (χ3v) is 9.10. The molecule has 1 fully saturated rings. The van der Waals surface area contributed by atoms with E-state index in [1.165, 1.54) is 18.2 Å². The number of amides is 1. The number of carbonyl (C=O) groups is 1. The molecular weight excluding hydrogens is 560 g/mol. The first-order valence-corrected chi connectivity index (χ1v) is 15.6. The van der Waals surface area contributed by atoms with Gasteiger partial charge in [-0.25, -0.2) is 13.2 Å². The number of carbonyl (C=O) groups excluding carboxylic acids is 1. The van der Waals surface area contributed by atoms with Gasteiger partial charge in [-0.3, -0.25) is 0 Å². The Labute approximate surface area is 246 Å². The first-order valence-electron chi connectivity index (χ1n) is 14.1. The maximum atomic E-state index is 13.6. The zero-order valence-electron chi connectivity index (χ0n) is 23.5. The van der Waals surface area contributed by atoms with E-state index in [0.717, 1.165) is 41.3 Å². The van der Waals surface area contributed by atoms with Crippen molar-refractivity contribution in [2.75, 3.05) is 13.3 Å². The molecule has 10 nitrogen and oxygen atoms in total. The number of aliphatic hydroxyl groups excluding tert-OH is 1. The minimum absolute atomic E-state index is 0.00764. The van der Waals surface area contributed by atoms with Crippen LogP contribution in [0.25, 0.3) is 0 Å². The van der Waals surface area contributed by atoms with E-state index >= 15 is 0 Å². The van der Waals surface area contributed by atoms with Gasteiger partial charge in [0.05, 0.1) is 23.6 Å². The molecule has 1 amide bonds. The molecule has 0 radical (unpaired) electrons. The molecule has 1 saturated carbocycles. The summed E-state index contributed by atoms with van der Waals surface area (Å²) in [4.78, 5) is 18.4. The number of hydrogen-bond acceptors (Lipinski definition) is 8. The van der Waals surface area contributed by atoms with Gasteiger partial charge in [-0.15, -0.1) is 0 Å². The molecule has 2 aliphatic rings. The van der Waals surface area contributed by atoms with Gasteiger partial charge in [0, 0.05) is 6.07 Å². The summed E-state index contributed by atoms with van der Waals surface area (Å²) in [5.74, 6) is 1.52. The molecule has 5 rings (SSSR count). The van der Waals surface area contributed by atoms with Gasteiger partial charge >= 0.3 is 6.09 Å². The Morgan fingerprint density at radius 1 is 1.00 bits per heavy atom. The molecule has 0 aromatic heterocycles. The summed E-state index contributed by atoms with van der Waals surface area (Å²) in [6.07, 6.45) is 2.08. The molecule has 0 saturated heterocycles. The van der Waals surface area contributed by atoms with E-state index in [2.05, 4.69) is 5.32 Å². The maximum absolute atomic E-state index is 13.6. The van der Waals surface area contributed by atoms with Gasteiger partial charge in [-0.05, 0) is 72.0 Å². The summed E-state index contributed by atoms with van der Waals surface area (Å²) in [5, 5.41) is 13.1. The Morgan fingerprint density at radius 2 is 1.71 bits per heavy atom. The lowest BCUT2D eigenvalue weighted by molar-refractivity contribution is -0.0345. The standard InChI is InChI=1S/C31H36N2O8S/c1-22(34)28(17-23-11-13-26(14-12-23)38-20-25-9-3-2-4-10-25)32-31(35)41-33(19-24-7-5-6-8-24)42(36,37)27-15-16-29-30(18-27)40-21-39-29/h2-4,9-16,18,22,24,28,34H,5-8,17,19-21H2,1H3,(H,32,35). The fourth-order valence-electron chi connectivity index (χ4n) is 5.07. The average molecular weight is 597 g/mol. The van der Waals surface area contributed by atoms with Gasteiger partial charge in [0.25, 0.3) is 10.0 Å². The van der Waals surface area contributed by atoms with Crippen LogP contribution < -0.4 is 19.5 Å². The van der Waals surface area contributed by atoms with Gasteiger partial charge in [0.1, 0.15) is 12.4 Å². The van der Waals surface area contributed by atoms with Gasteiger partial charge in [0.2, 0.25) is 6.79 Å². The van der Waals surface area contributed by atoms with Crippen LogP contribution in [0, 0.1) is 5.92 Å². The molecule has 3 aromatic carbocycles. The van der Waals surface area contributed by atoms with E-state index in [1.54, 1.807) is 6.92 Å². The van der Waals surface area contributed by atoms with E-state index in [4.69, 9.17) is 19.0 Å². The fraction of sp³-hybridized carbons (Fsp3) is 0.387. The molecule has 2 unspecified atom stereocenters. The Hall–Kier alpha value is -3.80. The molecule has 11 heteroatoms. The molecule has 3 aromatic rings.